The Labute approximate surface area is 100 Å². The summed E-state index contributed by atoms with van der Waals surface area (Å²) in [6, 6.07) is 1.56. The maximum absolute atomic E-state index is 12.0. The van der Waals surface area contributed by atoms with Crippen LogP contribution in [-0.2, 0) is 11.3 Å². The molecule has 0 saturated carbocycles. The van der Waals surface area contributed by atoms with E-state index in [1.807, 2.05) is 5.43 Å². The molecule has 0 aliphatic rings. The number of carbonyl (C=O) groups excluding carboxylic acids is 1. The van der Waals surface area contributed by atoms with Crippen LogP contribution in [0.25, 0.3) is 10.9 Å². The van der Waals surface area contributed by atoms with E-state index in [0.29, 0.717) is 10.9 Å². The van der Waals surface area contributed by atoms with Crippen LogP contribution < -0.4 is 16.8 Å². The Morgan fingerprint density at radius 3 is 3.12 bits per heavy atom. The SMILES string of the molecule is NNC(=O)Cn1c(=S)[nH]c2cnccc2c1=O. The van der Waals surface area contributed by atoms with Crippen LogP contribution in [-0.4, -0.2) is 20.4 Å². The van der Waals surface area contributed by atoms with Crippen LogP contribution in [0.4, 0.5) is 0 Å². The molecule has 0 aliphatic carbocycles. The van der Waals surface area contributed by atoms with Crippen molar-refractivity contribution in [1.82, 2.24) is 20.0 Å². The van der Waals surface area contributed by atoms with Crippen molar-refractivity contribution in [2.75, 3.05) is 0 Å². The van der Waals surface area contributed by atoms with Crippen molar-refractivity contribution >= 4 is 29.0 Å². The lowest BCUT2D eigenvalue weighted by Gasteiger charge is -2.06. The van der Waals surface area contributed by atoms with Crippen LogP contribution in [0.1, 0.15) is 0 Å². The average Bonchev–Trinajstić information content (AvgIpc) is 2.34. The number of amides is 1. The Morgan fingerprint density at radius 2 is 2.41 bits per heavy atom. The summed E-state index contributed by atoms with van der Waals surface area (Å²) in [5, 5.41) is 0.415. The van der Waals surface area contributed by atoms with Crippen LogP contribution >= 0.6 is 12.2 Å². The number of aromatic nitrogens is 3. The molecular weight excluding hydrogens is 242 g/mol. The summed E-state index contributed by atoms with van der Waals surface area (Å²) in [7, 11) is 0. The van der Waals surface area contributed by atoms with Gasteiger partial charge in [-0.25, -0.2) is 5.84 Å². The van der Waals surface area contributed by atoms with E-state index >= 15 is 0 Å². The van der Waals surface area contributed by atoms with Crippen molar-refractivity contribution in [3.8, 4) is 0 Å². The monoisotopic (exact) mass is 251 g/mol. The summed E-state index contributed by atoms with van der Waals surface area (Å²) >= 11 is 4.99. The molecule has 0 unspecified atom stereocenters. The zero-order chi connectivity index (χ0) is 12.4. The molecule has 2 rings (SSSR count). The minimum atomic E-state index is -0.500. The second-order valence-corrected chi connectivity index (χ2v) is 3.70. The molecule has 88 valence electrons. The van der Waals surface area contributed by atoms with E-state index < -0.39 is 5.91 Å². The molecule has 0 bridgehead atoms. The summed E-state index contributed by atoms with van der Waals surface area (Å²) < 4.78 is 1.29. The van der Waals surface area contributed by atoms with Gasteiger partial charge in [0.25, 0.3) is 11.5 Å². The Hall–Kier alpha value is -2.06. The Balaban J connectivity index is 2.68. The van der Waals surface area contributed by atoms with E-state index in [9.17, 15) is 9.59 Å². The number of nitrogens with two attached hydrogens (primary N) is 1. The zero-order valence-corrected chi connectivity index (χ0v) is 9.45. The highest BCUT2D eigenvalue weighted by molar-refractivity contribution is 7.71. The number of H-pyrrole nitrogens is 1. The first kappa shape index (κ1) is 11.4. The highest BCUT2D eigenvalue weighted by atomic mass is 32.1. The molecule has 0 fully saturated rings. The Kier molecular flexibility index (Phi) is 2.98. The quantitative estimate of drug-likeness (QED) is 0.287. The Morgan fingerprint density at radius 1 is 1.65 bits per heavy atom. The fourth-order valence-corrected chi connectivity index (χ4v) is 1.69. The average molecular weight is 251 g/mol. The molecule has 0 radical (unpaired) electrons. The van der Waals surface area contributed by atoms with Crippen LogP contribution in [0.5, 0.6) is 0 Å². The first-order valence-corrected chi connectivity index (χ1v) is 5.10. The van der Waals surface area contributed by atoms with Crippen molar-refractivity contribution in [2.45, 2.75) is 6.54 Å². The molecule has 8 heteroatoms. The normalized spacial score (nSPS) is 10.4. The smallest absolute Gasteiger partial charge is 0.262 e. The van der Waals surface area contributed by atoms with Crippen molar-refractivity contribution < 1.29 is 4.79 Å². The van der Waals surface area contributed by atoms with Gasteiger partial charge in [0.1, 0.15) is 6.54 Å². The number of pyridine rings is 1. The first-order chi connectivity index (χ1) is 8.13. The van der Waals surface area contributed by atoms with Gasteiger partial charge < -0.3 is 4.98 Å². The van der Waals surface area contributed by atoms with Gasteiger partial charge in [0.05, 0.1) is 17.1 Å². The van der Waals surface area contributed by atoms with Gasteiger partial charge >= 0.3 is 0 Å². The molecule has 7 nitrogen and oxygen atoms in total. The van der Waals surface area contributed by atoms with E-state index in [2.05, 4.69) is 9.97 Å². The molecule has 1 amide bonds. The number of fused-ring (bicyclic) bond motifs is 1. The second-order valence-electron chi connectivity index (χ2n) is 3.31. The van der Waals surface area contributed by atoms with E-state index in [-0.39, 0.29) is 16.9 Å². The third kappa shape index (κ3) is 2.08. The fraction of sp³-hybridized carbons (Fsp3) is 0.111. The minimum Gasteiger partial charge on any atom is -0.330 e. The van der Waals surface area contributed by atoms with Gasteiger partial charge in [0, 0.05) is 6.20 Å². The third-order valence-electron chi connectivity index (χ3n) is 2.25. The van der Waals surface area contributed by atoms with Crippen molar-refractivity contribution in [1.29, 1.82) is 0 Å². The number of rotatable bonds is 2. The topological polar surface area (TPSA) is 106 Å². The van der Waals surface area contributed by atoms with Crippen molar-refractivity contribution in [3.05, 3.63) is 33.6 Å². The maximum atomic E-state index is 12.0. The molecule has 17 heavy (non-hydrogen) atoms. The fourth-order valence-electron chi connectivity index (χ4n) is 1.43. The number of nitrogens with one attached hydrogen (secondary N) is 2. The maximum Gasteiger partial charge on any atom is 0.262 e. The van der Waals surface area contributed by atoms with Gasteiger partial charge in [-0.15, -0.1) is 0 Å². The lowest BCUT2D eigenvalue weighted by molar-refractivity contribution is -0.121. The van der Waals surface area contributed by atoms with Crippen molar-refractivity contribution in [2.24, 2.45) is 5.84 Å². The number of hydrogen-bond donors (Lipinski definition) is 3. The molecule has 0 aliphatic heterocycles. The third-order valence-corrected chi connectivity index (χ3v) is 2.57. The molecule has 0 saturated heterocycles. The second kappa shape index (κ2) is 4.44. The standard InChI is InChI=1S/C9H9N5O2S/c10-13-7(15)4-14-8(16)5-1-2-11-3-6(5)12-9(14)17/h1-3H,4,10H2,(H,12,17)(H,13,15). The van der Waals surface area contributed by atoms with Gasteiger partial charge in [0.15, 0.2) is 4.77 Å². The van der Waals surface area contributed by atoms with Gasteiger partial charge in [-0.2, -0.15) is 0 Å². The predicted octanol–water partition coefficient (Wildman–Crippen LogP) is -0.556. The lowest BCUT2D eigenvalue weighted by Crippen LogP contribution is -2.36. The van der Waals surface area contributed by atoms with Crippen molar-refractivity contribution in [3.63, 3.8) is 0 Å². The molecule has 2 aromatic rings. The van der Waals surface area contributed by atoms with Crippen LogP contribution in [0.15, 0.2) is 23.3 Å². The number of nitrogens with zero attached hydrogens (tertiary/aromatic N) is 2. The molecule has 2 aromatic heterocycles. The van der Waals surface area contributed by atoms with E-state index in [0.717, 1.165) is 4.57 Å². The molecule has 4 N–H and O–H groups in total. The lowest BCUT2D eigenvalue weighted by atomic mass is 10.3. The van der Waals surface area contributed by atoms with E-state index in [1.54, 1.807) is 6.07 Å². The number of hydrazine groups is 1. The number of aromatic amines is 1. The highest BCUT2D eigenvalue weighted by Crippen LogP contribution is 2.03. The van der Waals surface area contributed by atoms with E-state index in [1.165, 1.54) is 12.4 Å². The van der Waals surface area contributed by atoms with Crippen LogP contribution in [0, 0.1) is 4.77 Å². The zero-order valence-electron chi connectivity index (χ0n) is 8.64. The predicted molar refractivity (Wildman–Crippen MR) is 63.5 cm³/mol. The molecule has 0 atom stereocenters. The van der Waals surface area contributed by atoms with E-state index in [4.69, 9.17) is 18.1 Å². The molecule has 0 spiro atoms. The molecule has 0 aromatic carbocycles. The summed E-state index contributed by atoms with van der Waals surface area (Å²) in [4.78, 5) is 29.9. The number of hydrogen-bond acceptors (Lipinski definition) is 5. The minimum absolute atomic E-state index is 0.152. The van der Waals surface area contributed by atoms with Crippen LogP contribution in [0.2, 0.25) is 0 Å². The first-order valence-electron chi connectivity index (χ1n) is 4.70. The van der Waals surface area contributed by atoms with Gasteiger partial charge in [-0.3, -0.25) is 24.6 Å². The molecular formula is C9H9N5O2S. The molecule has 2 heterocycles. The highest BCUT2D eigenvalue weighted by Gasteiger charge is 2.08. The summed E-state index contributed by atoms with van der Waals surface area (Å²) in [5.41, 5.74) is 2.13. The van der Waals surface area contributed by atoms with Gasteiger partial charge in [-0.05, 0) is 18.3 Å². The van der Waals surface area contributed by atoms with Gasteiger partial charge in [-0.1, -0.05) is 0 Å². The summed E-state index contributed by atoms with van der Waals surface area (Å²) in [5.74, 6) is 4.46. The van der Waals surface area contributed by atoms with Gasteiger partial charge in [0.2, 0.25) is 0 Å². The van der Waals surface area contributed by atoms with Crippen LogP contribution in [0.3, 0.4) is 0 Å². The Bertz CT molecular complexity index is 690. The summed E-state index contributed by atoms with van der Waals surface area (Å²) in [6.07, 6.45) is 2.99. The summed E-state index contributed by atoms with van der Waals surface area (Å²) in [6.45, 7) is -0.219. The number of carbonyl (C=O) groups is 1. The largest absolute Gasteiger partial charge is 0.330 e.